The van der Waals surface area contributed by atoms with Crippen molar-refractivity contribution in [1.82, 2.24) is 10.2 Å². The van der Waals surface area contributed by atoms with Gasteiger partial charge in [0, 0.05) is 25.2 Å². The van der Waals surface area contributed by atoms with Crippen LogP contribution in [0.2, 0.25) is 0 Å². The van der Waals surface area contributed by atoms with Gasteiger partial charge in [-0.2, -0.15) is 0 Å². The molecule has 0 radical (unpaired) electrons. The zero-order valence-electron chi connectivity index (χ0n) is 13.8. The Labute approximate surface area is 129 Å². The second-order valence-electron chi connectivity index (χ2n) is 7.04. The molecular formula is C19H28N2. The zero-order valence-corrected chi connectivity index (χ0v) is 13.8. The van der Waals surface area contributed by atoms with Gasteiger partial charge in [0.25, 0.3) is 0 Å². The van der Waals surface area contributed by atoms with Crippen molar-refractivity contribution in [3.05, 3.63) is 35.9 Å². The van der Waals surface area contributed by atoms with Gasteiger partial charge in [0.2, 0.25) is 0 Å². The smallest absolute Gasteiger partial charge is 0.0715 e. The zero-order chi connectivity index (χ0) is 15.5. The maximum absolute atomic E-state index is 5.80. The molecule has 3 unspecified atom stereocenters. The van der Waals surface area contributed by atoms with Crippen molar-refractivity contribution in [1.29, 1.82) is 0 Å². The molecule has 1 heterocycles. The van der Waals surface area contributed by atoms with Crippen molar-refractivity contribution < 1.29 is 0 Å². The summed E-state index contributed by atoms with van der Waals surface area (Å²) in [6.45, 7) is 11.0. The topological polar surface area (TPSA) is 15.3 Å². The third kappa shape index (κ3) is 3.67. The van der Waals surface area contributed by atoms with Crippen molar-refractivity contribution >= 4 is 0 Å². The van der Waals surface area contributed by atoms with E-state index >= 15 is 0 Å². The molecule has 1 aliphatic heterocycles. The van der Waals surface area contributed by atoms with Crippen LogP contribution in [-0.2, 0) is 0 Å². The van der Waals surface area contributed by atoms with E-state index in [1.165, 1.54) is 5.56 Å². The minimum atomic E-state index is 0.210. The van der Waals surface area contributed by atoms with Crippen LogP contribution >= 0.6 is 0 Å². The Hall–Kier alpha value is -1.30. The van der Waals surface area contributed by atoms with Gasteiger partial charge in [0.05, 0.1) is 6.04 Å². The van der Waals surface area contributed by atoms with Gasteiger partial charge in [-0.05, 0) is 17.4 Å². The molecule has 1 aliphatic rings. The van der Waals surface area contributed by atoms with E-state index in [9.17, 15) is 0 Å². The highest BCUT2D eigenvalue weighted by Gasteiger charge is 2.36. The molecule has 1 fully saturated rings. The summed E-state index contributed by atoms with van der Waals surface area (Å²) in [6.07, 6.45) is 6.79. The van der Waals surface area contributed by atoms with E-state index in [1.54, 1.807) is 0 Å². The fourth-order valence-electron chi connectivity index (χ4n) is 3.13. The van der Waals surface area contributed by atoms with E-state index in [4.69, 9.17) is 6.42 Å². The molecule has 2 heteroatoms. The number of hydrogen-bond donors (Lipinski definition) is 1. The first-order valence-corrected chi connectivity index (χ1v) is 7.97. The summed E-state index contributed by atoms with van der Waals surface area (Å²) in [7, 11) is 0. The van der Waals surface area contributed by atoms with Crippen LogP contribution in [0, 0.1) is 17.8 Å². The fourth-order valence-corrected chi connectivity index (χ4v) is 3.13. The number of nitrogens with zero attached hydrogens (tertiary/aromatic N) is 1. The Balaban J connectivity index is 2.27. The number of hydrogen-bond acceptors (Lipinski definition) is 2. The van der Waals surface area contributed by atoms with E-state index in [0.717, 1.165) is 19.5 Å². The van der Waals surface area contributed by atoms with Gasteiger partial charge in [-0.3, -0.25) is 4.90 Å². The molecule has 21 heavy (non-hydrogen) atoms. The number of rotatable bonds is 3. The van der Waals surface area contributed by atoms with Gasteiger partial charge in [-0.25, -0.2) is 0 Å². The first kappa shape index (κ1) is 16.1. The van der Waals surface area contributed by atoms with Crippen molar-refractivity contribution in [2.45, 2.75) is 52.2 Å². The highest BCUT2D eigenvalue weighted by atomic mass is 15.3. The monoisotopic (exact) mass is 284 g/mol. The van der Waals surface area contributed by atoms with Crippen molar-refractivity contribution in [2.75, 3.05) is 13.1 Å². The Kier molecular flexibility index (Phi) is 5.08. The van der Waals surface area contributed by atoms with Crippen LogP contribution in [0.25, 0.3) is 0 Å². The molecule has 1 aromatic carbocycles. The van der Waals surface area contributed by atoms with Crippen molar-refractivity contribution in [3.8, 4) is 12.3 Å². The van der Waals surface area contributed by atoms with Crippen molar-refractivity contribution in [2.24, 2.45) is 5.41 Å². The molecule has 1 N–H and O–H groups in total. The second kappa shape index (κ2) is 6.64. The van der Waals surface area contributed by atoms with Gasteiger partial charge in [-0.15, -0.1) is 6.42 Å². The van der Waals surface area contributed by atoms with Gasteiger partial charge in [0.15, 0.2) is 0 Å². The number of benzene rings is 1. The Morgan fingerprint density at radius 2 is 2.00 bits per heavy atom. The molecule has 2 rings (SSSR count). The summed E-state index contributed by atoms with van der Waals surface area (Å²) < 4.78 is 0. The van der Waals surface area contributed by atoms with Crippen molar-refractivity contribution in [3.63, 3.8) is 0 Å². The molecule has 114 valence electrons. The second-order valence-corrected chi connectivity index (χ2v) is 7.04. The minimum Gasteiger partial charge on any atom is -0.310 e. The van der Waals surface area contributed by atoms with Crippen LogP contribution in [-0.4, -0.2) is 30.1 Å². The normalized spacial score (nSPS) is 25.3. The molecule has 0 amide bonds. The highest BCUT2D eigenvalue weighted by molar-refractivity contribution is 5.22. The summed E-state index contributed by atoms with van der Waals surface area (Å²) in [5.74, 6) is 2.99. The molecule has 0 bridgehead atoms. The lowest BCUT2D eigenvalue weighted by Gasteiger charge is -2.47. The van der Waals surface area contributed by atoms with Crippen LogP contribution in [0.5, 0.6) is 0 Å². The average Bonchev–Trinajstić information content (AvgIpc) is 2.48. The first-order valence-electron chi connectivity index (χ1n) is 7.97. The number of nitrogens with one attached hydrogen (secondary N) is 1. The van der Waals surface area contributed by atoms with E-state index in [2.05, 4.69) is 74.2 Å². The minimum absolute atomic E-state index is 0.210. The Morgan fingerprint density at radius 1 is 1.33 bits per heavy atom. The lowest BCUT2D eigenvalue weighted by atomic mass is 9.83. The highest BCUT2D eigenvalue weighted by Crippen LogP contribution is 2.31. The van der Waals surface area contributed by atoms with E-state index < -0.39 is 0 Å². The summed E-state index contributed by atoms with van der Waals surface area (Å²) in [4.78, 5) is 2.52. The van der Waals surface area contributed by atoms with Gasteiger partial charge < -0.3 is 5.32 Å². The van der Waals surface area contributed by atoms with Crippen LogP contribution in [0.1, 0.15) is 45.7 Å². The fraction of sp³-hybridized carbons (Fsp3) is 0.579. The number of terminal acetylenes is 1. The molecule has 2 nitrogen and oxygen atoms in total. The third-order valence-corrected chi connectivity index (χ3v) is 4.56. The lowest BCUT2D eigenvalue weighted by molar-refractivity contribution is 0.0656. The van der Waals surface area contributed by atoms with E-state index in [0.29, 0.717) is 12.1 Å². The van der Waals surface area contributed by atoms with Crippen LogP contribution in [0.4, 0.5) is 0 Å². The number of piperazine rings is 1. The molecule has 1 aromatic rings. The molecular weight excluding hydrogens is 256 g/mol. The van der Waals surface area contributed by atoms with Crippen LogP contribution in [0.3, 0.4) is 0 Å². The summed E-state index contributed by atoms with van der Waals surface area (Å²) in [5.41, 5.74) is 1.60. The molecule has 0 aromatic heterocycles. The summed E-state index contributed by atoms with van der Waals surface area (Å²) >= 11 is 0. The Morgan fingerprint density at radius 3 is 2.52 bits per heavy atom. The van der Waals surface area contributed by atoms with Gasteiger partial charge >= 0.3 is 0 Å². The predicted octanol–water partition coefficient (Wildman–Crippen LogP) is 3.46. The largest absolute Gasteiger partial charge is 0.310 e. The summed E-state index contributed by atoms with van der Waals surface area (Å²) in [6, 6.07) is 11.8. The van der Waals surface area contributed by atoms with Crippen LogP contribution < -0.4 is 5.32 Å². The van der Waals surface area contributed by atoms with Gasteiger partial charge in [-0.1, -0.05) is 63.9 Å². The molecule has 3 atom stereocenters. The SMILES string of the molecule is C#CC(CC)N1CC(C(C)(C)C)NCC1c1ccccc1. The standard InChI is InChI=1S/C19H28N2/c1-6-16(7-2)21-14-18(19(3,4)5)20-13-17(21)15-11-9-8-10-12-15/h1,8-12,16-18,20H,7,13-14H2,2-5H3. The van der Waals surface area contributed by atoms with Gasteiger partial charge in [0.1, 0.15) is 0 Å². The van der Waals surface area contributed by atoms with Crippen LogP contribution in [0.15, 0.2) is 30.3 Å². The predicted molar refractivity (Wildman–Crippen MR) is 90.0 cm³/mol. The maximum Gasteiger partial charge on any atom is 0.0715 e. The average molecular weight is 284 g/mol. The summed E-state index contributed by atoms with van der Waals surface area (Å²) in [5, 5.41) is 3.73. The maximum atomic E-state index is 5.80. The third-order valence-electron chi connectivity index (χ3n) is 4.56. The first-order chi connectivity index (χ1) is 9.97. The quantitative estimate of drug-likeness (QED) is 0.855. The Bertz CT molecular complexity index is 481. The molecule has 1 saturated heterocycles. The molecule has 0 aliphatic carbocycles. The molecule has 0 spiro atoms. The van der Waals surface area contributed by atoms with E-state index in [1.807, 2.05) is 0 Å². The van der Waals surface area contributed by atoms with E-state index in [-0.39, 0.29) is 11.5 Å². The lowest BCUT2D eigenvalue weighted by Crippen LogP contribution is -2.59. The molecule has 0 saturated carbocycles.